The summed E-state index contributed by atoms with van der Waals surface area (Å²) in [5.74, 6) is -1.37. The van der Waals surface area contributed by atoms with Crippen molar-refractivity contribution in [3.8, 4) is 0 Å². The Labute approximate surface area is 185 Å². The molecule has 4 rings (SSSR count). The van der Waals surface area contributed by atoms with E-state index >= 15 is 0 Å². The van der Waals surface area contributed by atoms with Gasteiger partial charge in [-0.15, -0.1) is 0 Å². The van der Waals surface area contributed by atoms with Gasteiger partial charge >= 0.3 is 0 Å². The third kappa shape index (κ3) is 3.53. The predicted octanol–water partition coefficient (Wildman–Crippen LogP) is 1.12. The van der Waals surface area contributed by atoms with E-state index in [9.17, 15) is 18.0 Å². The summed E-state index contributed by atoms with van der Waals surface area (Å²) in [7, 11) is -3.80. The second-order valence-electron chi connectivity index (χ2n) is 7.94. The van der Waals surface area contributed by atoms with E-state index in [2.05, 4.69) is 5.43 Å². The molecule has 32 heavy (non-hydrogen) atoms. The first kappa shape index (κ1) is 21.6. The van der Waals surface area contributed by atoms with Crippen molar-refractivity contribution in [1.82, 2.24) is 14.4 Å². The van der Waals surface area contributed by atoms with Crippen LogP contribution in [0.1, 0.15) is 18.1 Å². The van der Waals surface area contributed by atoms with Gasteiger partial charge in [-0.1, -0.05) is 29.8 Å². The Kier molecular flexibility index (Phi) is 5.06. The lowest BCUT2D eigenvalue weighted by molar-refractivity contribution is -0.123. The number of nitrogens with zero attached hydrogens (tertiary/aromatic N) is 2. The monoisotopic (exact) mass is 453 g/mol. The predicted molar refractivity (Wildman–Crippen MR) is 119 cm³/mol. The number of benzene rings is 2. The summed E-state index contributed by atoms with van der Waals surface area (Å²) < 4.78 is 27.6. The van der Waals surface area contributed by atoms with Crippen LogP contribution in [-0.4, -0.2) is 34.8 Å². The number of aryl methyl sites for hydroxylation is 1. The standard InChI is InChI=1S/C22H23N5O4S/c1-14-6-8-16(9-7-14)32(30,31)27-11-10-17-15(4-3-5-18(17)27)13-26-19(20(23)28)12-22(2,25-26)21(24)29/h3-12,25H,13H2,1-2H3,(H2,23,28)(H2,24,29). The molecule has 9 nitrogen and oxygen atoms in total. The fraction of sp³-hybridized carbons (Fsp3) is 0.182. The first-order valence-electron chi connectivity index (χ1n) is 9.82. The van der Waals surface area contributed by atoms with Crippen molar-refractivity contribution in [1.29, 1.82) is 0 Å². The number of carbonyl (C=O) groups is 2. The lowest BCUT2D eigenvalue weighted by atomic mass is 10.0. The minimum absolute atomic E-state index is 0.106. The number of primary amides is 2. The smallest absolute Gasteiger partial charge is 0.268 e. The maximum atomic E-state index is 13.2. The average Bonchev–Trinajstić information content (AvgIpc) is 3.31. The van der Waals surface area contributed by atoms with Crippen LogP contribution in [-0.2, 0) is 26.2 Å². The van der Waals surface area contributed by atoms with E-state index < -0.39 is 27.4 Å². The maximum Gasteiger partial charge on any atom is 0.268 e. The summed E-state index contributed by atoms with van der Waals surface area (Å²) in [6.07, 6.45) is 2.89. The lowest BCUT2D eigenvalue weighted by Crippen LogP contribution is -2.53. The molecule has 0 aliphatic carbocycles. The van der Waals surface area contributed by atoms with Crippen LogP contribution >= 0.6 is 0 Å². The number of aromatic nitrogens is 1. The van der Waals surface area contributed by atoms with Gasteiger partial charge in [-0.25, -0.2) is 17.8 Å². The molecule has 0 bridgehead atoms. The van der Waals surface area contributed by atoms with E-state index in [1.54, 1.807) is 49.4 Å². The Morgan fingerprint density at radius 3 is 2.38 bits per heavy atom. The number of nitrogens with two attached hydrogens (primary N) is 2. The molecule has 0 spiro atoms. The first-order chi connectivity index (χ1) is 15.0. The molecule has 1 aliphatic heterocycles. The van der Waals surface area contributed by atoms with E-state index in [1.807, 2.05) is 13.0 Å². The molecule has 1 aromatic heterocycles. The fourth-order valence-corrected chi connectivity index (χ4v) is 5.07. The third-order valence-corrected chi connectivity index (χ3v) is 7.25. The van der Waals surface area contributed by atoms with Crippen LogP contribution in [0.15, 0.2) is 71.4 Å². The zero-order valence-electron chi connectivity index (χ0n) is 17.6. The number of carbonyl (C=O) groups excluding carboxylic acids is 2. The Bertz CT molecular complexity index is 1380. The summed E-state index contributed by atoms with van der Waals surface area (Å²) in [5, 5.41) is 2.13. The molecule has 2 amide bonds. The van der Waals surface area contributed by atoms with Crippen LogP contribution in [0.3, 0.4) is 0 Å². The quantitative estimate of drug-likeness (QED) is 0.511. The zero-order chi connectivity index (χ0) is 23.3. The van der Waals surface area contributed by atoms with Crippen molar-refractivity contribution in [2.75, 3.05) is 0 Å². The molecule has 5 N–H and O–H groups in total. The van der Waals surface area contributed by atoms with Crippen LogP contribution in [0.5, 0.6) is 0 Å². The minimum atomic E-state index is -3.80. The number of hydrogen-bond donors (Lipinski definition) is 3. The van der Waals surface area contributed by atoms with Crippen LogP contribution < -0.4 is 16.9 Å². The normalized spacial score (nSPS) is 18.7. The fourth-order valence-electron chi connectivity index (χ4n) is 3.73. The largest absolute Gasteiger partial charge is 0.368 e. The van der Waals surface area contributed by atoms with Gasteiger partial charge < -0.3 is 11.5 Å². The molecule has 1 aliphatic rings. The van der Waals surface area contributed by atoms with E-state index in [0.29, 0.717) is 10.9 Å². The molecule has 1 unspecified atom stereocenters. The van der Waals surface area contributed by atoms with Crippen LogP contribution in [0.4, 0.5) is 0 Å². The molecule has 0 saturated carbocycles. The highest BCUT2D eigenvalue weighted by Gasteiger charge is 2.39. The molecule has 3 aromatic rings. The number of hydrazine groups is 1. The highest BCUT2D eigenvalue weighted by molar-refractivity contribution is 7.90. The lowest BCUT2D eigenvalue weighted by Gasteiger charge is -2.26. The van der Waals surface area contributed by atoms with Crippen molar-refractivity contribution in [3.05, 3.63) is 77.6 Å². The van der Waals surface area contributed by atoms with Gasteiger partial charge in [0.2, 0.25) is 5.91 Å². The summed E-state index contributed by atoms with van der Waals surface area (Å²) in [5.41, 5.74) is 14.9. The molecule has 1 atom stereocenters. The summed E-state index contributed by atoms with van der Waals surface area (Å²) >= 11 is 0. The van der Waals surface area contributed by atoms with Gasteiger partial charge in [0.15, 0.2) is 0 Å². The molecular weight excluding hydrogens is 430 g/mol. The Morgan fingerprint density at radius 2 is 1.75 bits per heavy atom. The van der Waals surface area contributed by atoms with E-state index in [0.717, 1.165) is 11.1 Å². The summed E-state index contributed by atoms with van der Waals surface area (Å²) in [4.78, 5) is 24.0. The van der Waals surface area contributed by atoms with Gasteiger partial charge in [0.1, 0.15) is 11.2 Å². The van der Waals surface area contributed by atoms with Crippen LogP contribution in [0, 0.1) is 6.92 Å². The van der Waals surface area contributed by atoms with Crippen molar-refractivity contribution >= 4 is 32.7 Å². The molecule has 0 fully saturated rings. The summed E-state index contributed by atoms with van der Waals surface area (Å²) in [6, 6.07) is 13.6. The number of nitrogens with one attached hydrogen (secondary N) is 1. The van der Waals surface area contributed by atoms with Gasteiger partial charge in [0, 0.05) is 11.6 Å². The third-order valence-electron chi connectivity index (χ3n) is 5.54. The van der Waals surface area contributed by atoms with Crippen molar-refractivity contribution in [2.45, 2.75) is 30.8 Å². The highest BCUT2D eigenvalue weighted by atomic mass is 32.2. The molecule has 0 saturated heterocycles. The van der Waals surface area contributed by atoms with Gasteiger partial charge in [-0.3, -0.25) is 14.6 Å². The number of rotatable bonds is 6. The Hall–Kier alpha value is -3.63. The second-order valence-corrected chi connectivity index (χ2v) is 9.75. The highest BCUT2D eigenvalue weighted by Crippen LogP contribution is 2.28. The van der Waals surface area contributed by atoms with E-state index in [1.165, 1.54) is 21.3 Å². The Balaban J connectivity index is 1.73. The average molecular weight is 454 g/mol. The van der Waals surface area contributed by atoms with Crippen molar-refractivity contribution in [3.63, 3.8) is 0 Å². The number of fused-ring (bicyclic) bond motifs is 1. The molecule has 2 aromatic carbocycles. The second kappa shape index (κ2) is 7.50. The van der Waals surface area contributed by atoms with E-state index in [-0.39, 0.29) is 17.1 Å². The number of amides is 2. The molecule has 2 heterocycles. The van der Waals surface area contributed by atoms with Gasteiger partial charge in [0.05, 0.1) is 17.0 Å². The van der Waals surface area contributed by atoms with Gasteiger partial charge in [-0.05, 0) is 49.8 Å². The number of hydrogen-bond acceptors (Lipinski definition) is 6. The van der Waals surface area contributed by atoms with Crippen LogP contribution in [0.2, 0.25) is 0 Å². The van der Waals surface area contributed by atoms with E-state index in [4.69, 9.17) is 11.5 Å². The first-order valence-corrected chi connectivity index (χ1v) is 11.3. The van der Waals surface area contributed by atoms with Gasteiger partial charge in [0.25, 0.3) is 15.9 Å². The molecule has 166 valence electrons. The topological polar surface area (TPSA) is 141 Å². The maximum absolute atomic E-state index is 13.2. The van der Waals surface area contributed by atoms with Crippen molar-refractivity contribution < 1.29 is 18.0 Å². The zero-order valence-corrected chi connectivity index (χ0v) is 18.4. The molecule has 10 heteroatoms. The van der Waals surface area contributed by atoms with Crippen LogP contribution in [0.25, 0.3) is 10.9 Å². The molecule has 0 radical (unpaired) electrons. The Morgan fingerprint density at radius 1 is 1.06 bits per heavy atom. The van der Waals surface area contributed by atoms with Crippen molar-refractivity contribution in [2.24, 2.45) is 11.5 Å². The van der Waals surface area contributed by atoms with Gasteiger partial charge in [-0.2, -0.15) is 0 Å². The molecular formula is C22H23N5O4S. The SMILES string of the molecule is Cc1ccc(S(=O)(=O)n2ccc3c(CN4NC(C)(C(N)=O)C=C4C(N)=O)cccc32)cc1. The minimum Gasteiger partial charge on any atom is -0.368 e. The summed E-state index contributed by atoms with van der Waals surface area (Å²) in [6.45, 7) is 3.59.